The highest BCUT2D eigenvalue weighted by molar-refractivity contribution is 7.85. The van der Waals surface area contributed by atoms with E-state index in [0.717, 1.165) is 14.1 Å². The first-order valence-corrected chi connectivity index (χ1v) is 7.78. The van der Waals surface area contributed by atoms with E-state index in [1.54, 1.807) is 0 Å². The minimum absolute atomic E-state index is 0.851. The highest BCUT2D eigenvalue weighted by Crippen LogP contribution is 2.40. The number of hydrogen-bond donors (Lipinski definition) is 2. The Morgan fingerprint density at radius 2 is 1.58 bits per heavy atom. The largest absolute Gasteiger partial charge is 0.454 e. The van der Waals surface area contributed by atoms with E-state index < -0.39 is 64.4 Å². The molecule has 0 aromatic heterocycles. The Bertz CT molecular complexity index is 524. The summed E-state index contributed by atoms with van der Waals surface area (Å²) in [6.07, 6.45) is -12.9. The fourth-order valence-corrected chi connectivity index (χ4v) is 2.52. The van der Waals surface area contributed by atoms with Gasteiger partial charge in [0.25, 0.3) is 10.1 Å². The third-order valence-electron chi connectivity index (χ3n) is 2.63. The van der Waals surface area contributed by atoms with Crippen LogP contribution in [0.1, 0.15) is 0 Å². The van der Waals surface area contributed by atoms with Crippen LogP contribution in [-0.4, -0.2) is 86.4 Å². The molecule has 0 radical (unpaired) electrons. The van der Waals surface area contributed by atoms with Crippen LogP contribution in [-0.2, 0) is 14.9 Å². The summed E-state index contributed by atoms with van der Waals surface area (Å²) < 4.78 is 121. The number of hydrogen-bond acceptors (Lipinski definition) is 4. The molecule has 0 saturated carbocycles. The normalized spacial score (nSPS) is 18.3. The third-order valence-corrected chi connectivity index (χ3v) is 3.44. The molecule has 2 unspecified atom stereocenters. The summed E-state index contributed by atoms with van der Waals surface area (Å²) in [7, 11) is -2.97. The summed E-state index contributed by atoms with van der Waals surface area (Å²) in [5, 5.41) is 9.39. The topological polar surface area (TPSA) is 83.8 Å². The molecule has 0 bridgehead atoms. The lowest BCUT2D eigenvalue weighted by molar-refractivity contribution is -0.904. The quantitative estimate of drug-likeness (QED) is 0.347. The maximum absolute atomic E-state index is 14.0. The molecule has 0 saturated heterocycles. The van der Waals surface area contributed by atoms with Crippen LogP contribution in [0.15, 0.2) is 0 Å². The van der Waals surface area contributed by atoms with Crippen LogP contribution in [0.5, 0.6) is 0 Å². The first-order valence-electron chi connectivity index (χ1n) is 6.17. The summed E-state index contributed by atoms with van der Waals surface area (Å²) in [4.78, 5) is 0. The average molecular weight is 396 g/mol. The van der Waals surface area contributed by atoms with Crippen molar-refractivity contribution >= 4 is 10.1 Å². The van der Waals surface area contributed by atoms with Crippen LogP contribution in [0.2, 0.25) is 0 Å². The predicted octanol–water partition coefficient (Wildman–Crippen LogP) is 1.12. The fraction of sp³-hybridized carbons (Fsp3) is 1.00. The molecule has 0 heterocycles. The van der Waals surface area contributed by atoms with Gasteiger partial charge >= 0.3 is 18.1 Å². The van der Waals surface area contributed by atoms with E-state index in [1.807, 2.05) is 0 Å². The molecule has 0 fully saturated rings. The molecule has 2 atom stereocenters. The molecule has 0 aromatic carbocycles. The van der Waals surface area contributed by atoms with Crippen LogP contribution >= 0.6 is 0 Å². The van der Waals surface area contributed by atoms with Crippen molar-refractivity contribution in [2.24, 2.45) is 0 Å². The molecule has 0 amide bonds. The zero-order chi connectivity index (χ0) is 19.6. The maximum Gasteiger partial charge on any atom is 0.454 e. The Balaban J connectivity index is 5.34. The number of nitrogens with zero attached hydrogens (tertiary/aromatic N) is 1. The molecule has 0 rings (SSSR count). The number of likely N-dealkylation sites (N-methyl/N-ethyl adjacent to an activating group) is 1. The summed E-state index contributed by atoms with van der Waals surface area (Å²) in [6, 6.07) is 0. The van der Waals surface area contributed by atoms with Crippen LogP contribution < -0.4 is 0 Å². The van der Waals surface area contributed by atoms with E-state index in [1.165, 1.54) is 0 Å². The Morgan fingerprint density at radius 1 is 1.12 bits per heavy atom. The fourth-order valence-electron chi connectivity index (χ4n) is 1.93. The summed E-state index contributed by atoms with van der Waals surface area (Å²) >= 11 is 0. The average Bonchev–Trinajstić information content (AvgIpc) is 2.21. The van der Waals surface area contributed by atoms with Gasteiger partial charge in [-0.15, -0.1) is 0 Å². The zero-order valence-electron chi connectivity index (χ0n) is 12.5. The lowest BCUT2D eigenvalue weighted by Gasteiger charge is -2.38. The van der Waals surface area contributed by atoms with Crippen LogP contribution in [0.4, 0.5) is 30.7 Å². The summed E-state index contributed by atoms with van der Waals surface area (Å²) in [6.45, 7) is -5.41. The number of quaternary nitrogens is 1. The number of ether oxygens (including phenoxy) is 1. The molecule has 146 valence electrons. The van der Waals surface area contributed by atoms with E-state index >= 15 is 0 Å². The van der Waals surface area contributed by atoms with Crippen molar-refractivity contribution in [3.05, 3.63) is 0 Å². The molecule has 0 aliphatic carbocycles. The molecular weight excluding hydrogens is 379 g/mol. The highest BCUT2D eigenvalue weighted by atomic mass is 32.2. The van der Waals surface area contributed by atoms with E-state index in [0.29, 0.717) is 0 Å². The molecule has 0 aliphatic heterocycles. The van der Waals surface area contributed by atoms with Crippen molar-refractivity contribution in [1.29, 1.82) is 0 Å². The van der Waals surface area contributed by atoms with E-state index in [4.69, 9.17) is 4.55 Å². The number of aliphatic hydroxyl groups excluding tert-OH is 1. The van der Waals surface area contributed by atoms with Crippen LogP contribution in [0, 0.1) is 0 Å². The van der Waals surface area contributed by atoms with Gasteiger partial charge in [0.05, 0.1) is 14.1 Å². The van der Waals surface area contributed by atoms with Gasteiger partial charge in [-0.3, -0.25) is 9.29 Å². The van der Waals surface area contributed by atoms with Crippen molar-refractivity contribution in [2.45, 2.75) is 24.2 Å². The van der Waals surface area contributed by atoms with Gasteiger partial charge in [0.15, 0.2) is 6.67 Å². The van der Waals surface area contributed by atoms with Gasteiger partial charge in [-0.05, 0) is 0 Å². The third kappa shape index (κ3) is 7.92. The SMILES string of the molecule is C[N+](C)(CC(O)CS(=O)(=O)O)CC(F)(OC(F)(F)CF)C(F)(F)F. The lowest BCUT2D eigenvalue weighted by Crippen LogP contribution is -2.61. The summed E-state index contributed by atoms with van der Waals surface area (Å²) in [5.41, 5.74) is 0. The molecule has 0 aromatic rings. The van der Waals surface area contributed by atoms with Crippen molar-refractivity contribution in [1.82, 2.24) is 0 Å². The second kappa shape index (κ2) is 7.27. The zero-order valence-corrected chi connectivity index (χ0v) is 13.3. The van der Waals surface area contributed by atoms with Crippen molar-refractivity contribution in [2.75, 3.05) is 39.6 Å². The predicted molar refractivity (Wildman–Crippen MR) is 66.2 cm³/mol. The first-order chi connectivity index (χ1) is 10.3. The minimum Gasteiger partial charge on any atom is -0.386 e. The molecule has 0 spiro atoms. The Hall–Kier alpha value is -0.700. The number of rotatable bonds is 9. The van der Waals surface area contributed by atoms with Crippen molar-refractivity contribution in [3.63, 3.8) is 0 Å². The summed E-state index contributed by atoms with van der Waals surface area (Å²) in [5.74, 6) is -6.23. The maximum atomic E-state index is 14.0. The van der Waals surface area contributed by atoms with E-state index in [9.17, 15) is 44.3 Å². The van der Waals surface area contributed by atoms with Gasteiger partial charge in [0, 0.05) is 0 Å². The Labute approximate surface area is 133 Å². The highest BCUT2D eigenvalue weighted by Gasteiger charge is 2.65. The molecule has 0 aliphatic rings. The van der Waals surface area contributed by atoms with E-state index in [-0.39, 0.29) is 0 Å². The van der Waals surface area contributed by atoms with Gasteiger partial charge in [-0.25, -0.2) is 4.39 Å². The lowest BCUT2D eigenvalue weighted by atomic mass is 10.2. The smallest absolute Gasteiger partial charge is 0.386 e. The standard InChI is InChI=1S/C10H16F7NO5S/c1-18(2,3-7(19)4-24(20,21)22)6-8(12,10(15,16)17)23-9(13,14)5-11/h7,19H,3-6H2,1-2H3/p+1. The Morgan fingerprint density at radius 3 is 1.92 bits per heavy atom. The number of alkyl halides is 7. The van der Waals surface area contributed by atoms with Gasteiger partial charge < -0.3 is 9.59 Å². The Kier molecular flexibility index (Phi) is 7.06. The molecule has 14 heteroatoms. The first kappa shape index (κ1) is 23.3. The van der Waals surface area contributed by atoms with Crippen molar-refractivity contribution < 1.29 is 58.0 Å². The molecule has 24 heavy (non-hydrogen) atoms. The van der Waals surface area contributed by atoms with Crippen LogP contribution in [0.3, 0.4) is 0 Å². The van der Waals surface area contributed by atoms with Gasteiger partial charge in [-0.1, -0.05) is 0 Å². The molecular formula is C10H17F7NO5S+. The van der Waals surface area contributed by atoms with Gasteiger partial charge in [0.2, 0.25) is 0 Å². The molecule has 2 N–H and O–H groups in total. The number of halogens is 7. The van der Waals surface area contributed by atoms with E-state index in [2.05, 4.69) is 4.74 Å². The molecule has 6 nitrogen and oxygen atoms in total. The van der Waals surface area contributed by atoms with Gasteiger partial charge in [0.1, 0.15) is 24.9 Å². The van der Waals surface area contributed by atoms with Crippen molar-refractivity contribution in [3.8, 4) is 0 Å². The van der Waals surface area contributed by atoms with Crippen LogP contribution in [0.25, 0.3) is 0 Å². The van der Waals surface area contributed by atoms with Gasteiger partial charge in [-0.2, -0.15) is 34.8 Å². The monoisotopic (exact) mass is 396 g/mol. The minimum atomic E-state index is -5.96. The second-order valence-corrected chi connectivity index (χ2v) is 7.28. The number of aliphatic hydroxyl groups is 1. The second-order valence-electron chi connectivity index (χ2n) is 5.78.